The van der Waals surface area contributed by atoms with Crippen LogP contribution in [0.1, 0.15) is 30.5 Å². The van der Waals surface area contributed by atoms with Crippen molar-refractivity contribution in [2.24, 2.45) is 7.05 Å². The number of rotatable bonds is 9. The molecule has 2 aliphatic heterocycles. The van der Waals surface area contributed by atoms with Gasteiger partial charge in [0.05, 0.1) is 23.4 Å². The Morgan fingerprint density at radius 3 is 2.80 bits per heavy atom. The SMILES string of the molecule is Cc1cnc(Nc2cc(C)n(C)n2)nc1-c1c[nH]c2c(NC(=O)CN3CCC(Oc4nccc(N5CCCC5)n4)C3)cccc12. The maximum Gasteiger partial charge on any atom is 0.318 e. The summed E-state index contributed by atoms with van der Waals surface area (Å²) in [5.41, 5.74) is 5.25. The van der Waals surface area contributed by atoms with Crippen LogP contribution in [-0.4, -0.2) is 84.3 Å². The molecule has 6 heterocycles. The summed E-state index contributed by atoms with van der Waals surface area (Å²) in [5, 5.41) is 11.7. The van der Waals surface area contributed by atoms with Crippen molar-refractivity contribution in [3.05, 3.63) is 60.2 Å². The van der Waals surface area contributed by atoms with Gasteiger partial charge in [0.15, 0.2) is 5.82 Å². The van der Waals surface area contributed by atoms with E-state index in [4.69, 9.17) is 9.72 Å². The van der Waals surface area contributed by atoms with Crippen molar-refractivity contribution < 1.29 is 9.53 Å². The first-order valence-electron chi connectivity index (χ1n) is 15.4. The number of nitrogens with zero attached hydrogens (tertiary/aromatic N) is 8. The number of aromatic amines is 1. The van der Waals surface area contributed by atoms with Crippen LogP contribution in [0.2, 0.25) is 0 Å². The highest BCUT2D eigenvalue weighted by Gasteiger charge is 2.27. The molecule has 1 atom stereocenters. The lowest BCUT2D eigenvalue weighted by Gasteiger charge is -2.18. The Morgan fingerprint density at radius 1 is 1.11 bits per heavy atom. The molecule has 0 bridgehead atoms. The lowest BCUT2D eigenvalue weighted by molar-refractivity contribution is -0.117. The number of hydrogen-bond donors (Lipinski definition) is 3. The average Bonchev–Trinajstić information content (AvgIpc) is 3.84. The topological polar surface area (TPSA) is 142 Å². The van der Waals surface area contributed by atoms with Crippen LogP contribution in [-0.2, 0) is 11.8 Å². The molecule has 0 aliphatic carbocycles. The summed E-state index contributed by atoms with van der Waals surface area (Å²) in [5.74, 6) is 1.98. The van der Waals surface area contributed by atoms with Crippen molar-refractivity contribution in [1.82, 2.24) is 39.6 Å². The number of fused-ring (bicyclic) bond motifs is 1. The van der Waals surface area contributed by atoms with Gasteiger partial charge in [-0.15, -0.1) is 0 Å². The lowest BCUT2D eigenvalue weighted by atomic mass is 10.1. The monoisotopic (exact) mass is 607 g/mol. The molecule has 232 valence electrons. The molecule has 0 spiro atoms. The van der Waals surface area contributed by atoms with E-state index in [1.165, 1.54) is 12.8 Å². The number of aromatic nitrogens is 7. The number of hydrogen-bond acceptors (Lipinski definition) is 10. The fraction of sp³-hybridized carbons (Fsp3) is 0.375. The fourth-order valence-corrected chi connectivity index (χ4v) is 6.06. The number of carbonyl (C=O) groups is 1. The quantitative estimate of drug-likeness (QED) is 0.223. The smallest absolute Gasteiger partial charge is 0.318 e. The number of para-hydroxylation sites is 1. The first kappa shape index (κ1) is 28.7. The molecule has 0 radical (unpaired) electrons. The van der Waals surface area contributed by atoms with E-state index in [-0.39, 0.29) is 18.6 Å². The van der Waals surface area contributed by atoms with Crippen molar-refractivity contribution in [2.45, 2.75) is 39.2 Å². The number of ether oxygens (including phenoxy) is 1. The third-order valence-corrected chi connectivity index (χ3v) is 8.49. The third kappa shape index (κ3) is 6.16. The summed E-state index contributed by atoms with van der Waals surface area (Å²) in [4.78, 5) is 39.1. The summed E-state index contributed by atoms with van der Waals surface area (Å²) in [6.07, 6.45) is 8.61. The number of benzene rings is 1. The normalized spacial score (nSPS) is 16.9. The van der Waals surface area contributed by atoms with E-state index in [9.17, 15) is 4.79 Å². The van der Waals surface area contributed by atoms with Gasteiger partial charge in [0.25, 0.3) is 0 Å². The van der Waals surface area contributed by atoms with Crippen LogP contribution in [0.5, 0.6) is 6.01 Å². The molecule has 13 heteroatoms. The minimum Gasteiger partial charge on any atom is -0.459 e. The predicted molar refractivity (Wildman–Crippen MR) is 173 cm³/mol. The summed E-state index contributed by atoms with van der Waals surface area (Å²) < 4.78 is 7.92. The van der Waals surface area contributed by atoms with Crippen LogP contribution in [0.4, 0.5) is 23.3 Å². The number of likely N-dealkylation sites (tertiary alicyclic amines) is 1. The van der Waals surface area contributed by atoms with Crippen LogP contribution >= 0.6 is 0 Å². The molecule has 13 nitrogen and oxygen atoms in total. The molecule has 2 aliphatic rings. The summed E-state index contributed by atoms with van der Waals surface area (Å²) >= 11 is 0. The molecule has 1 amide bonds. The van der Waals surface area contributed by atoms with Crippen LogP contribution in [0.25, 0.3) is 22.2 Å². The number of amides is 1. The number of H-pyrrole nitrogens is 1. The Hall–Kier alpha value is -5.04. The van der Waals surface area contributed by atoms with Gasteiger partial charge in [-0.25, -0.2) is 15.0 Å². The maximum absolute atomic E-state index is 13.2. The molecular formula is C32H37N11O2. The zero-order valence-corrected chi connectivity index (χ0v) is 25.7. The molecule has 5 aromatic rings. The van der Waals surface area contributed by atoms with E-state index < -0.39 is 0 Å². The van der Waals surface area contributed by atoms with Gasteiger partial charge >= 0.3 is 6.01 Å². The molecule has 45 heavy (non-hydrogen) atoms. The van der Waals surface area contributed by atoms with Gasteiger partial charge in [0.1, 0.15) is 11.9 Å². The number of nitrogens with one attached hydrogen (secondary N) is 3. The molecule has 2 fully saturated rings. The molecule has 7 rings (SSSR count). The van der Waals surface area contributed by atoms with Crippen LogP contribution in [0.15, 0.2) is 48.9 Å². The van der Waals surface area contributed by atoms with Gasteiger partial charge in [-0.2, -0.15) is 10.1 Å². The van der Waals surface area contributed by atoms with Gasteiger partial charge in [0.2, 0.25) is 11.9 Å². The molecule has 0 saturated carbocycles. The number of anilines is 4. The second-order valence-electron chi connectivity index (χ2n) is 11.8. The number of aryl methyl sites for hydroxylation is 3. The molecule has 4 aromatic heterocycles. The Bertz CT molecular complexity index is 1820. The molecule has 1 aromatic carbocycles. The first-order chi connectivity index (χ1) is 21.9. The number of carbonyl (C=O) groups excluding carboxylic acids is 1. The molecule has 2 saturated heterocycles. The molecule has 3 N–H and O–H groups in total. The average molecular weight is 608 g/mol. The van der Waals surface area contributed by atoms with Crippen molar-refractivity contribution in [1.29, 1.82) is 0 Å². The van der Waals surface area contributed by atoms with Gasteiger partial charge in [-0.3, -0.25) is 14.4 Å². The fourth-order valence-electron chi connectivity index (χ4n) is 6.06. The molecule has 1 unspecified atom stereocenters. The standard InChI is InChI=1S/C32H37N11O2/c1-20-16-35-31(37-26-15-21(2)41(3)40-26)39-29(20)24-17-34-30-23(24)7-6-8-25(30)36-28(44)19-42-14-10-22(18-42)45-32-33-11-9-27(38-32)43-12-4-5-13-43/h6-9,11,15-17,22,34H,4-5,10,12-14,18-19H2,1-3H3,(H,36,44)(H,35,37,39,40). The van der Waals surface area contributed by atoms with Crippen molar-refractivity contribution in [2.75, 3.05) is 48.3 Å². The lowest BCUT2D eigenvalue weighted by Crippen LogP contribution is -2.33. The summed E-state index contributed by atoms with van der Waals surface area (Å²) in [6, 6.07) is 10.2. The summed E-state index contributed by atoms with van der Waals surface area (Å²) in [7, 11) is 1.89. The summed E-state index contributed by atoms with van der Waals surface area (Å²) in [6.45, 7) is 7.69. The third-order valence-electron chi connectivity index (χ3n) is 8.49. The molecular weight excluding hydrogens is 570 g/mol. The van der Waals surface area contributed by atoms with Gasteiger partial charge in [0, 0.05) is 74.5 Å². The highest BCUT2D eigenvalue weighted by Crippen LogP contribution is 2.33. The highest BCUT2D eigenvalue weighted by molar-refractivity contribution is 6.06. The van der Waals surface area contributed by atoms with E-state index in [1.807, 2.05) is 57.4 Å². The second-order valence-corrected chi connectivity index (χ2v) is 11.8. The largest absolute Gasteiger partial charge is 0.459 e. The highest BCUT2D eigenvalue weighted by atomic mass is 16.5. The Labute approximate surface area is 261 Å². The first-order valence-corrected chi connectivity index (χ1v) is 15.4. The van der Waals surface area contributed by atoms with Gasteiger partial charge in [-0.1, -0.05) is 12.1 Å². The van der Waals surface area contributed by atoms with Crippen LogP contribution < -0.4 is 20.3 Å². The predicted octanol–water partition coefficient (Wildman–Crippen LogP) is 4.20. The Morgan fingerprint density at radius 2 is 1.98 bits per heavy atom. The van der Waals surface area contributed by atoms with Crippen molar-refractivity contribution >= 4 is 40.1 Å². The van der Waals surface area contributed by atoms with E-state index in [1.54, 1.807) is 17.1 Å². The van der Waals surface area contributed by atoms with E-state index in [0.29, 0.717) is 24.3 Å². The minimum atomic E-state index is -0.0815. The van der Waals surface area contributed by atoms with Crippen molar-refractivity contribution in [3.63, 3.8) is 0 Å². The van der Waals surface area contributed by atoms with Gasteiger partial charge in [-0.05, 0) is 50.8 Å². The minimum absolute atomic E-state index is 0.0572. The van der Waals surface area contributed by atoms with E-state index in [2.05, 4.69) is 45.5 Å². The van der Waals surface area contributed by atoms with E-state index >= 15 is 0 Å². The van der Waals surface area contributed by atoms with Crippen molar-refractivity contribution in [3.8, 4) is 17.3 Å². The Kier molecular flexibility index (Phi) is 7.76. The zero-order chi connectivity index (χ0) is 30.9. The van der Waals surface area contributed by atoms with Crippen LogP contribution in [0, 0.1) is 13.8 Å². The Balaban J connectivity index is 1.000. The van der Waals surface area contributed by atoms with Crippen LogP contribution in [0.3, 0.4) is 0 Å². The van der Waals surface area contributed by atoms with E-state index in [0.717, 1.165) is 71.0 Å². The van der Waals surface area contributed by atoms with Gasteiger partial charge < -0.3 is 25.3 Å². The maximum atomic E-state index is 13.2. The second kappa shape index (κ2) is 12.2. The zero-order valence-electron chi connectivity index (χ0n) is 25.7.